The molecule has 0 aliphatic carbocycles. The molecule has 0 spiro atoms. The van der Waals surface area contributed by atoms with Crippen LogP contribution < -0.4 is 10.5 Å². The van der Waals surface area contributed by atoms with Crippen LogP contribution in [0, 0.1) is 0 Å². The van der Waals surface area contributed by atoms with Crippen LogP contribution in [0.4, 0.5) is 5.82 Å². The monoisotopic (exact) mass is 285 g/mol. The van der Waals surface area contributed by atoms with E-state index in [2.05, 4.69) is 9.97 Å². The molecule has 1 aromatic heterocycles. The molecule has 0 fully saturated rings. The topological polar surface area (TPSA) is 61.0 Å². The van der Waals surface area contributed by atoms with E-state index in [0.29, 0.717) is 10.8 Å². The van der Waals surface area contributed by atoms with Crippen molar-refractivity contribution in [2.75, 3.05) is 12.8 Å². The second-order valence-corrected chi connectivity index (χ2v) is 4.74. The first-order chi connectivity index (χ1) is 9.70. The van der Waals surface area contributed by atoms with Gasteiger partial charge < -0.3 is 10.5 Å². The Kier molecular flexibility index (Phi) is 3.16. The van der Waals surface area contributed by atoms with Gasteiger partial charge in [-0.3, -0.25) is 0 Å². The zero-order valence-corrected chi connectivity index (χ0v) is 11.6. The number of hydrogen-bond donors (Lipinski definition) is 1. The van der Waals surface area contributed by atoms with E-state index in [1.165, 1.54) is 6.33 Å². The zero-order valence-electron chi connectivity index (χ0n) is 10.8. The standard InChI is InChI=1S/C15H12ClN3O/c1-20-12-6-5-11-14(18-8-19-15(11)17)13(12)9-3-2-4-10(16)7-9/h2-8H,1H3,(H2,17,18,19). The van der Waals surface area contributed by atoms with Gasteiger partial charge in [0.25, 0.3) is 0 Å². The largest absolute Gasteiger partial charge is 0.496 e. The molecule has 0 unspecified atom stereocenters. The minimum atomic E-state index is 0.445. The highest BCUT2D eigenvalue weighted by Gasteiger charge is 2.14. The highest BCUT2D eigenvalue weighted by atomic mass is 35.5. The molecule has 0 amide bonds. The molecule has 0 aliphatic heterocycles. The lowest BCUT2D eigenvalue weighted by atomic mass is 10.0. The molecular formula is C15H12ClN3O. The zero-order chi connectivity index (χ0) is 14.1. The van der Waals surface area contributed by atoms with Gasteiger partial charge in [0.05, 0.1) is 18.2 Å². The normalized spacial score (nSPS) is 10.7. The molecule has 100 valence electrons. The first-order valence-corrected chi connectivity index (χ1v) is 6.41. The summed E-state index contributed by atoms with van der Waals surface area (Å²) in [4.78, 5) is 8.36. The predicted molar refractivity (Wildman–Crippen MR) is 80.9 cm³/mol. The van der Waals surface area contributed by atoms with Crippen molar-refractivity contribution in [3.63, 3.8) is 0 Å². The summed E-state index contributed by atoms with van der Waals surface area (Å²) >= 11 is 6.07. The second-order valence-electron chi connectivity index (χ2n) is 4.31. The summed E-state index contributed by atoms with van der Waals surface area (Å²) in [5.74, 6) is 1.17. The number of anilines is 1. The minimum absolute atomic E-state index is 0.445. The van der Waals surface area contributed by atoms with Crippen molar-refractivity contribution in [1.29, 1.82) is 0 Å². The lowest BCUT2D eigenvalue weighted by Gasteiger charge is -2.12. The summed E-state index contributed by atoms with van der Waals surface area (Å²) in [6.07, 6.45) is 1.45. The van der Waals surface area contributed by atoms with E-state index in [9.17, 15) is 0 Å². The van der Waals surface area contributed by atoms with Crippen molar-refractivity contribution in [3.05, 3.63) is 47.7 Å². The molecule has 0 saturated carbocycles. The summed E-state index contributed by atoms with van der Waals surface area (Å²) in [5, 5.41) is 1.45. The summed E-state index contributed by atoms with van der Waals surface area (Å²) < 4.78 is 5.44. The third-order valence-corrected chi connectivity index (χ3v) is 3.37. The van der Waals surface area contributed by atoms with Gasteiger partial charge >= 0.3 is 0 Å². The maximum atomic E-state index is 6.07. The van der Waals surface area contributed by atoms with E-state index >= 15 is 0 Å². The highest BCUT2D eigenvalue weighted by Crippen LogP contribution is 2.37. The number of fused-ring (bicyclic) bond motifs is 1. The van der Waals surface area contributed by atoms with Gasteiger partial charge in [-0.1, -0.05) is 23.7 Å². The van der Waals surface area contributed by atoms with Crippen LogP contribution >= 0.6 is 11.6 Å². The second kappa shape index (κ2) is 4.98. The Morgan fingerprint density at radius 1 is 1.15 bits per heavy atom. The summed E-state index contributed by atoms with van der Waals surface area (Å²) in [6.45, 7) is 0. The average Bonchev–Trinajstić information content (AvgIpc) is 2.46. The van der Waals surface area contributed by atoms with Crippen molar-refractivity contribution in [2.24, 2.45) is 0 Å². The molecule has 3 aromatic rings. The lowest BCUT2D eigenvalue weighted by molar-refractivity contribution is 0.417. The highest BCUT2D eigenvalue weighted by molar-refractivity contribution is 6.31. The molecule has 3 rings (SSSR count). The minimum Gasteiger partial charge on any atom is -0.496 e. The van der Waals surface area contributed by atoms with Crippen LogP contribution in [0.15, 0.2) is 42.7 Å². The number of halogens is 1. The molecule has 0 radical (unpaired) electrons. The molecule has 0 bridgehead atoms. The number of aromatic nitrogens is 2. The number of hydrogen-bond acceptors (Lipinski definition) is 4. The van der Waals surface area contributed by atoms with Gasteiger partial charge in [-0.05, 0) is 29.8 Å². The Bertz CT molecular complexity index is 789. The van der Waals surface area contributed by atoms with Crippen LogP contribution in [0.1, 0.15) is 0 Å². The fraction of sp³-hybridized carbons (Fsp3) is 0.0667. The van der Waals surface area contributed by atoms with Gasteiger partial charge in [-0.2, -0.15) is 0 Å². The number of methoxy groups -OCH3 is 1. The SMILES string of the molecule is COc1ccc2c(N)ncnc2c1-c1cccc(Cl)c1. The van der Waals surface area contributed by atoms with Crippen molar-refractivity contribution in [1.82, 2.24) is 9.97 Å². The third-order valence-electron chi connectivity index (χ3n) is 3.13. The van der Waals surface area contributed by atoms with Crippen LogP contribution in [-0.4, -0.2) is 17.1 Å². The van der Waals surface area contributed by atoms with Gasteiger partial charge in [0.2, 0.25) is 0 Å². The van der Waals surface area contributed by atoms with Gasteiger partial charge in [-0.25, -0.2) is 9.97 Å². The molecule has 20 heavy (non-hydrogen) atoms. The van der Waals surface area contributed by atoms with Crippen LogP contribution in [0.3, 0.4) is 0 Å². The molecule has 0 saturated heterocycles. The lowest BCUT2D eigenvalue weighted by Crippen LogP contribution is -1.96. The van der Waals surface area contributed by atoms with Crippen LogP contribution in [0.5, 0.6) is 5.75 Å². The Morgan fingerprint density at radius 3 is 2.75 bits per heavy atom. The first-order valence-electron chi connectivity index (χ1n) is 6.04. The third kappa shape index (κ3) is 2.04. The van der Waals surface area contributed by atoms with E-state index in [1.807, 2.05) is 36.4 Å². The Morgan fingerprint density at radius 2 is 2.00 bits per heavy atom. The van der Waals surface area contributed by atoms with Crippen LogP contribution in [0.25, 0.3) is 22.0 Å². The fourth-order valence-corrected chi connectivity index (χ4v) is 2.42. The average molecular weight is 286 g/mol. The summed E-state index contributed by atoms with van der Waals surface area (Å²) in [5.41, 5.74) is 8.45. The van der Waals surface area contributed by atoms with Crippen LogP contribution in [0.2, 0.25) is 5.02 Å². The van der Waals surface area contributed by atoms with E-state index in [0.717, 1.165) is 27.8 Å². The number of benzene rings is 2. The Balaban J connectivity index is 2.40. The van der Waals surface area contributed by atoms with Crippen molar-refractivity contribution in [2.45, 2.75) is 0 Å². The summed E-state index contributed by atoms with van der Waals surface area (Å²) in [7, 11) is 1.62. The summed E-state index contributed by atoms with van der Waals surface area (Å²) in [6, 6.07) is 11.3. The number of nitrogen functional groups attached to an aromatic ring is 1. The van der Waals surface area contributed by atoms with Crippen molar-refractivity contribution < 1.29 is 4.74 Å². The fourth-order valence-electron chi connectivity index (χ4n) is 2.22. The van der Waals surface area contributed by atoms with E-state index in [1.54, 1.807) is 7.11 Å². The van der Waals surface area contributed by atoms with Crippen LogP contribution in [-0.2, 0) is 0 Å². The van der Waals surface area contributed by atoms with Gasteiger partial charge in [-0.15, -0.1) is 0 Å². The smallest absolute Gasteiger partial charge is 0.134 e. The maximum Gasteiger partial charge on any atom is 0.134 e. The first kappa shape index (κ1) is 12.7. The molecule has 2 aromatic carbocycles. The Hall–Kier alpha value is -2.33. The molecule has 0 atom stereocenters. The number of rotatable bonds is 2. The predicted octanol–water partition coefficient (Wildman–Crippen LogP) is 3.54. The van der Waals surface area contributed by atoms with E-state index < -0.39 is 0 Å². The Labute approximate surface area is 121 Å². The number of nitrogens with two attached hydrogens (primary N) is 1. The van der Waals surface area contributed by atoms with Crippen molar-refractivity contribution in [3.8, 4) is 16.9 Å². The maximum absolute atomic E-state index is 6.07. The molecule has 5 heteroatoms. The number of nitrogens with zero attached hydrogens (tertiary/aromatic N) is 2. The molecule has 2 N–H and O–H groups in total. The molecule has 4 nitrogen and oxygen atoms in total. The number of ether oxygens (including phenoxy) is 1. The van der Waals surface area contributed by atoms with Crippen molar-refractivity contribution >= 4 is 28.3 Å². The van der Waals surface area contributed by atoms with Gasteiger partial charge in [0.15, 0.2) is 0 Å². The molecule has 0 aliphatic rings. The van der Waals surface area contributed by atoms with Gasteiger partial charge in [0, 0.05) is 10.4 Å². The van der Waals surface area contributed by atoms with Gasteiger partial charge in [0.1, 0.15) is 17.9 Å². The van der Waals surface area contributed by atoms with E-state index in [4.69, 9.17) is 22.1 Å². The molecular weight excluding hydrogens is 274 g/mol. The quantitative estimate of drug-likeness (QED) is 0.782. The van der Waals surface area contributed by atoms with E-state index in [-0.39, 0.29) is 0 Å². The molecule has 1 heterocycles.